The lowest BCUT2D eigenvalue weighted by Crippen LogP contribution is -2.74. The molecule has 2 bridgehead atoms. The minimum Gasteiger partial charge on any atom is -0.394 e. The van der Waals surface area contributed by atoms with Crippen molar-refractivity contribution in [3.63, 3.8) is 0 Å². The number of aliphatic hydroxyl groups excluding tert-OH is 14. The van der Waals surface area contributed by atoms with E-state index in [1.807, 2.05) is 0 Å². The van der Waals surface area contributed by atoms with Gasteiger partial charge in [-0.25, -0.2) is 0 Å². The molecule has 6 heterocycles. The molecule has 6 saturated heterocycles. The standard InChI is InChI=1S/C58H94O26/c1-24-34(64)37(67)41(71)48(77-24)83-45-27(19-60)79-50(43(73)39(45)69)84-46-36(66)28(80-49-42(72)38(68)44(26(18-59)78-49)82-47-40(70)35(65)25(62)20-74-47)21-75-51(46)81-33-10-11-54(5)29(52(33,2)3)8-12-55(6)30(54)9-13-58-31-16-53(4,22-61)14-15-57(31,23-76-58)32(63)17-56(55,58)7/h22,24-51,59-60,62-73H,8-21,23H2,1-7H3/t24-,25+,26+,27+,28-,29-,30+,31+,32+,33-,34-,35-,36-,37+,38+,39+,40+,41+,42+,43+,44+,45+,46+,47-,48-,49-,50-,51-,53-,54-,55+,56-,57+,58-/m0/s1. The molecule has 34 atom stereocenters. The van der Waals surface area contributed by atoms with E-state index >= 15 is 0 Å². The number of aldehydes is 1. The smallest absolute Gasteiger partial charge is 0.187 e. The van der Waals surface area contributed by atoms with Crippen molar-refractivity contribution in [2.24, 2.45) is 50.2 Å². The molecular weight excluding hydrogens is 1110 g/mol. The van der Waals surface area contributed by atoms with Crippen LogP contribution in [0.1, 0.15) is 113 Å². The number of hydrogen-bond donors (Lipinski definition) is 14. The van der Waals surface area contributed by atoms with Gasteiger partial charge in [0.1, 0.15) is 110 Å². The van der Waals surface area contributed by atoms with Gasteiger partial charge in [-0.2, -0.15) is 0 Å². The summed E-state index contributed by atoms with van der Waals surface area (Å²) >= 11 is 0. The van der Waals surface area contributed by atoms with Crippen LogP contribution in [0, 0.1) is 50.2 Å². The summed E-state index contributed by atoms with van der Waals surface area (Å²) < 4.78 is 67.6. The van der Waals surface area contributed by atoms with Crippen molar-refractivity contribution in [2.45, 2.75) is 272 Å². The minimum atomic E-state index is -2.01. The predicted molar refractivity (Wildman–Crippen MR) is 282 cm³/mol. The summed E-state index contributed by atoms with van der Waals surface area (Å²) in [5.74, 6) is 0.356. The van der Waals surface area contributed by atoms with Gasteiger partial charge >= 0.3 is 0 Å². The van der Waals surface area contributed by atoms with Crippen LogP contribution >= 0.6 is 0 Å². The average Bonchev–Trinajstić information content (AvgIpc) is 1.29. The molecule has 0 radical (unpaired) electrons. The third-order valence-corrected chi connectivity index (χ3v) is 24.0. The number of carbonyl (C=O) groups excluding carboxylic acids is 1. The Bertz CT molecular complexity index is 2320. The second-order valence-electron chi connectivity index (χ2n) is 28.6. The Balaban J connectivity index is 0.833. The fraction of sp³-hybridized carbons (Fsp3) is 0.983. The molecule has 26 heteroatoms. The van der Waals surface area contributed by atoms with Crippen molar-refractivity contribution >= 4 is 6.29 Å². The molecule has 5 saturated carbocycles. The molecule has 11 aliphatic rings. The monoisotopic (exact) mass is 1210 g/mol. The van der Waals surface area contributed by atoms with Crippen molar-refractivity contribution in [3.8, 4) is 0 Å². The van der Waals surface area contributed by atoms with E-state index in [2.05, 4.69) is 41.5 Å². The molecule has 0 aromatic carbocycles. The van der Waals surface area contributed by atoms with Crippen LogP contribution in [-0.4, -0.2) is 270 Å². The topological polar surface area (TPSA) is 402 Å². The number of aliphatic hydroxyl groups is 14. The first-order valence-electron chi connectivity index (χ1n) is 30.5. The molecule has 6 aliphatic heterocycles. The minimum absolute atomic E-state index is 0.0487. The highest BCUT2D eigenvalue weighted by atomic mass is 16.8. The van der Waals surface area contributed by atoms with Gasteiger partial charge in [0.2, 0.25) is 0 Å². The normalized spacial score (nSPS) is 58.2. The van der Waals surface area contributed by atoms with E-state index in [0.717, 1.165) is 51.2 Å². The van der Waals surface area contributed by atoms with Crippen LogP contribution in [0.3, 0.4) is 0 Å². The Morgan fingerprint density at radius 3 is 1.73 bits per heavy atom. The second kappa shape index (κ2) is 23.1. The van der Waals surface area contributed by atoms with Gasteiger partial charge in [0.15, 0.2) is 31.5 Å². The predicted octanol–water partition coefficient (Wildman–Crippen LogP) is -3.04. The van der Waals surface area contributed by atoms with Crippen molar-refractivity contribution < 1.29 is 128 Å². The zero-order chi connectivity index (χ0) is 60.8. The summed E-state index contributed by atoms with van der Waals surface area (Å²) in [6.45, 7) is 12.9. The molecule has 0 aromatic heterocycles. The first kappa shape index (κ1) is 64.2. The lowest BCUT2D eigenvalue weighted by Gasteiger charge is -2.75. The number of rotatable bonds is 13. The van der Waals surface area contributed by atoms with Crippen molar-refractivity contribution in [1.29, 1.82) is 0 Å². The molecule has 11 fully saturated rings. The van der Waals surface area contributed by atoms with Crippen molar-refractivity contribution in [2.75, 3.05) is 33.0 Å². The molecule has 0 amide bonds. The van der Waals surface area contributed by atoms with E-state index in [9.17, 15) is 76.3 Å². The summed E-state index contributed by atoms with van der Waals surface area (Å²) in [4.78, 5) is 12.6. The molecule has 0 aromatic rings. The molecule has 26 nitrogen and oxygen atoms in total. The third-order valence-electron chi connectivity index (χ3n) is 24.0. The van der Waals surface area contributed by atoms with Crippen LogP contribution in [0.4, 0.5) is 0 Å². The Morgan fingerprint density at radius 1 is 0.512 bits per heavy atom. The van der Waals surface area contributed by atoms with E-state index in [4.69, 9.17) is 52.1 Å². The SMILES string of the molecule is C[C@@H]1O[C@@H](O[C@H]2[C@H](O)[C@@H](O)[C@H](O[C@H]3[C@H](O[C@H]4CC[C@]5(C)[C@H]6CC[C@]78OC[C@@]9(CC[C@](C)(C=O)C[C@H]97)[C@H](O)C[C@@]8(C)[C@]6(C)CC[C@H]5C4(C)C)OC[C@H](O[C@@H]4O[C@H](CO)[C@@H](O[C@@H]5OC[C@@H](O)[C@H](O)[C@H]5O)[C@H](O)[C@H]4O)[C@@H]3O)O[C@@H]2CO)[C@H](O)[C@H](O)[C@H]1O. The third kappa shape index (κ3) is 9.88. The highest BCUT2D eigenvalue weighted by molar-refractivity contribution is 5.59. The molecular formula is C58H94O26. The zero-order valence-electron chi connectivity index (χ0n) is 49.0. The summed E-state index contributed by atoms with van der Waals surface area (Å²) in [5, 5.41) is 154. The van der Waals surface area contributed by atoms with Gasteiger partial charge in [-0.1, -0.05) is 41.5 Å². The first-order valence-corrected chi connectivity index (χ1v) is 30.5. The highest BCUT2D eigenvalue weighted by Crippen LogP contribution is 2.80. The lowest BCUT2D eigenvalue weighted by atomic mass is 9.30. The van der Waals surface area contributed by atoms with E-state index in [-0.39, 0.29) is 34.0 Å². The van der Waals surface area contributed by atoms with Crippen LogP contribution < -0.4 is 0 Å². The van der Waals surface area contributed by atoms with E-state index < -0.39 is 202 Å². The Kier molecular flexibility index (Phi) is 17.7. The number of carbonyl (C=O) groups is 1. The van der Waals surface area contributed by atoms with E-state index in [1.54, 1.807) is 0 Å². The fourth-order valence-corrected chi connectivity index (χ4v) is 18.8. The summed E-state index contributed by atoms with van der Waals surface area (Å²) in [6, 6.07) is 0. The quantitative estimate of drug-likeness (QED) is 0.0644. The van der Waals surface area contributed by atoms with Gasteiger partial charge < -0.3 is 128 Å². The van der Waals surface area contributed by atoms with Crippen LogP contribution in [0.5, 0.6) is 0 Å². The van der Waals surface area contributed by atoms with E-state index in [1.165, 1.54) is 6.92 Å². The fourth-order valence-electron chi connectivity index (χ4n) is 18.8. The maximum absolute atomic E-state index is 12.6. The van der Waals surface area contributed by atoms with Gasteiger partial charge in [0.25, 0.3) is 0 Å². The van der Waals surface area contributed by atoms with Crippen molar-refractivity contribution in [1.82, 2.24) is 0 Å². The number of fused-ring (bicyclic) bond motifs is 4. The molecule has 1 spiro atoms. The van der Waals surface area contributed by atoms with Crippen LogP contribution in [-0.2, 0) is 56.9 Å². The van der Waals surface area contributed by atoms with Gasteiger partial charge in [-0.05, 0) is 105 Å². The average molecular weight is 1210 g/mol. The Morgan fingerprint density at radius 2 is 1.08 bits per heavy atom. The van der Waals surface area contributed by atoms with Crippen LogP contribution in [0.15, 0.2) is 0 Å². The zero-order valence-corrected chi connectivity index (χ0v) is 49.0. The van der Waals surface area contributed by atoms with E-state index in [0.29, 0.717) is 25.9 Å². The van der Waals surface area contributed by atoms with Gasteiger partial charge in [-0.15, -0.1) is 0 Å². The maximum atomic E-state index is 12.6. The van der Waals surface area contributed by atoms with Gasteiger partial charge in [0, 0.05) is 16.2 Å². The summed E-state index contributed by atoms with van der Waals surface area (Å²) in [5.41, 5.74) is -2.79. The number of ether oxygens (including phenoxy) is 11. The van der Waals surface area contributed by atoms with Crippen LogP contribution in [0.2, 0.25) is 0 Å². The second-order valence-corrected chi connectivity index (χ2v) is 28.6. The summed E-state index contributed by atoms with van der Waals surface area (Å²) in [7, 11) is 0. The van der Waals surface area contributed by atoms with Crippen molar-refractivity contribution in [3.05, 3.63) is 0 Å². The maximum Gasteiger partial charge on any atom is 0.187 e. The molecule has 5 aliphatic carbocycles. The van der Waals surface area contributed by atoms with Gasteiger partial charge in [0.05, 0.1) is 56.9 Å². The molecule has 11 rings (SSSR count). The molecule has 84 heavy (non-hydrogen) atoms. The number of hydrogen-bond acceptors (Lipinski definition) is 26. The lowest BCUT2D eigenvalue weighted by molar-refractivity contribution is -0.394. The highest BCUT2D eigenvalue weighted by Gasteiger charge is 2.80. The first-order chi connectivity index (χ1) is 39.5. The Labute approximate surface area is 488 Å². The molecule has 0 unspecified atom stereocenters. The largest absolute Gasteiger partial charge is 0.394 e. The van der Waals surface area contributed by atoms with Crippen LogP contribution in [0.25, 0.3) is 0 Å². The molecule has 14 N–H and O–H groups in total. The Hall–Kier alpha value is -1.33. The van der Waals surface area contributed by atoms with Gasteiger partial charge in [-0.3, -0.25) is 0 Å². The summed E-state index contributed by atoms with van der Waals surface area (Å²) in [6.07, 6.45) is -30.9. The molecule has 482 valence electrons.